The van der Waals surface area contributed by atoms with Gasteiger partial charge < -0.3 is 14.4 Å². The maximum atomic E-state index is 14.3. The van der Waals surface area contributed by atoms with Gasteiger partial charge in [-0.25, -0.2) is 19.4 Å². The third kappa shape index (κ3) is 8.92. The van der Waals surface area contributed by atoms with Gasteiger partial charge in [-0.1, -0.05) is 52.8 Å². The molecule has 4 aromatic rings. The summed E-state index contributed by atoms with van der Waals surface area (Å²) in [5.41, 5.74) is 3.59. The van der Waals surface area contributed by atoms with Gasteiger partial charge in [-0.3, -0.25) is 29.2 Å². The number of ketones is 2. The highest BCUT2D eigenvalue weighted by molar-refractivity contribution is 6.47. The Hall–Kier alpha value is -6.90. The zero-order chi connectivity index (χ0) is 43.0. The maximum Gasteiger partial charge on any atom is 0.442 e. The Morgan fingerprint density at radius 1 is 0.613 bits per heavy atom. The maximum absolute atomic E-state index is 14.3. The molecule has 4 aliphatic heterocycles. The Balaban J connectivity index is 1.12. The van der Waals surface area contributed by atoms with Gasteiger partial charge in [0.2, 0.25) is 23.5 Å². The van der Waals surface area contributed by atoms with Crippen LogP contribution in [0, 0.1) is 0 Å². The Kier molecular flexibility index (Phi) is 13.0. The van der Waals surface area contributed by atoms with Crippen molar-refractivity contribution in [1.82, 2.24) is 24.2 Å². The van der Waals surface area contributed by atoms with E-state index in [9.17, 15) is 19.2 Å². The van der Waals surface area contributed by atoms with Crippen LogP contribution >= 0.6 is 0 Å². The van der Waals surface area contributed by atoms with Gasteiger partial charge in [0, 0.05) is 105 Å². The number of aromatic nitrogens is 1. The summed E-state index contributed by atoms with van der Waals surface area (Å²) in [6, 6.07) is 20.9. The van der Waals surface area contributed by atoms with Crippen LogP contribution in [0.5, 0.6) is 0 Å². The lowest BCUT2D eigenvalue weighted by Gasteiger charge is -2.38. The summed E-state index contributed by atoms with van der Waals surface area (Å²) in [7, 11) is 0. The molecule has 0 atom stereocenters. The molecule has 5 heterocycles. The predicted molar refractivity (Wildman–Crippen MR) is 240 cm³/mol. The van der Waals surface area contributed by atoms with Crippen molar-refractivity contribution in [1.29, 1.82) is 0 Å². The van der Waals surface area contributed by atoms with Crippen LogP contribution in [0.1, 0.15) is 77.6 Å². The highest BCUT2D eigenvalue weighted by Gasteiger charge is 2.33. The smallest absolute Gasteiger partial charge is 0.342 e. The van der Waals surface area contributed by atoms with Gasteiger partial charge in [0.25, 0.3) is 0 Å². The van der Waals surface area contributed by atoms with Crippen LogP contribution in [0.15, 0.2) is 112 Å². The minimum atomic E-state index is -0.682. The van der Waals surface area contributed by atoms with Crippen molar-refractivity contribution in [3.63, 3.8) is 0 Å². The van der Waals surface area contributed by atoms with Crippen LogP contribution in [-0.2, 0) is 16.2 Å². The first-order valence-corrected chi connectivity index (χ1v) is 21.4. The predicted octanol–water partition coefficient (Wildman–Crippen LogP) is 7.66. The second-order valence-corrected chi connectivity index (χ2v) is 15.7. The number of hydrogen-bond donors (Lipinski definition) is 0. The molecule has 0 spiro atoms. The topological polar surface area (TPSA) is 154 Å². The number of oxime groups is 2. The average Bonchev–Trinajstić information content (AvgIpc) is 3.62. The van der Waals surface area contributed by atoms with Crippen LogP contribution in [0.2, 0.25) is 0 Å². The van der Waals surface area contributed by atoms with Crippen LogP contribution in [0.3, 0.4) is 0 Å². The summed E-state index contributed by atoms with van der Waals surface area (Å²) < 4.78 is 2.15. The number of guanidine groups is 2. The molecule has 2 amide bonds. The van der Waals surface area contributed by atoms with E-state index in [2.05, 4.69) is 47.8 Å². The fraction of sp³-hybridized carbons (Fsp3) is 0.362. The molecule has 4 aliphatic rings. The van der Waals surface area contributed by atoms with E-state index in [1.54, 1.807) is 36.4 Å². The largest absolute Gasteiger partial charge is 0.442 e. The van der Waals surface area contributed by atoms with Crippen LogP contribution < -0.4 is 0 Å². The van der Waals surface area contributed by atoms with Crippen molar-refractivity contribution < 1.29 is 28.9 Å². The van der Waals surface area contributed by atoms with Crippen LogP contribution in [0.25, 0.3) is 21.8 Å². The number of carbonyl (C=O) groups excluding carboxylic acids is 4. The van der Waals surface area contributed by atoms with E-state index in [-0.39, 0.29) is 24.3 Å². The molecule has 3 aromatic carbocycles. The van der Waals surface area contributed by atoms with Crippen molar-refractivity contribution >= 4 is 68.9 Å². The number of fused-ring (bicyclic) bond motifs is 5. The molecule has 0 unspecified atom stereocenters. The van der Waals surface area contributed by atoms with Crippen molar-refractivity contribution in [3.8, 4) is 0 Å². The number of nitrogens with zero attached hydrogens (tertiary/aromatic N) is 9. The normalized spacial score (nSPS) is 16.9. The highest BCUT2D eigenvalue weighted by Crippen LogP contribution is 2.32. The number of allylic oxidation sites excluding steroid dienone is 2. The van der Waals surface area contributed by atoms with E-state index in [0.717, 1.165) is 79.2 Å². The molecule has 1 aromatic heterocycles. The van der Waals surface area contributed by atoms with Gasteiger partial charge in [-0.15, -0.1) is 13.2 Å². The van der Waals surface area contributed by atoms with Crippen molar-refractivity contribution in [2.45, 2.75) is 57.9 Å². The van der Waals surface area contributed by atoms with Crippen molar-refractivity contribution in [3.05, 3.63) is 109 Å². The molecular formula is C47H51N9O6. The van der Waals surface area contributed by atoms with Crippen LogP contribution in [-0.4, -0.2) is 124 Å². The van der Waals surface area contributed by atoms with Gasteiger partial charge in [-0.2, -0.15) is 0 Å². The molecule has 15 heteroatoms. The zero-order valence-corrected chi connectivity index (χ0v) is 34.9. The zero-order valence-electron chi connectivity index (χ0n) is 34.9. The minimum Gasteiger partial charge on any atom is -0.342 e. The Labute approximate surface area is 360 Å². The lowest BCUT2D eigenvalue weighted by molar-refractivity contribution is 0.102. The van der Waals surface area contributed by atoms with Gasteiger partial charge in [-0.05, 0) is 80.5 Å². The second-order valence-electron chi connectivity index (χ2n) is 15.7. The minimum absolute atomic E-state index is 0.0754. The first kappa shape index (κ1) is 41.8. The molecule has 0 bridgehead atoms. The first-order chi connectivity index (χ1) is 30.3. The molecular weight excluding hydrogens is 787 g/mol. The fourth-order valence-corrected chi connectivity index (χ4v) is 8.42. The summed E-state index contributed by atoms with van der Waals surface area (Å²) in [5.74, 6) is 0.371. The Morgan fingerprint density at radius 3 is 1.55 bits per heavy atom. The van der Waals surface area contributed by atoms with E-state index in [0.29, 0.717) is 68.6 Å². The number of carbonyl (C=O) groups is 4. The van der Waals surface area contributed by atoms with E-state index in [1.165, 1.54) is 9.80 Å². The first-order valence-electron chi connectivity index (χ1n) is 21.4. The average molecular weight is 838 g/mol. The second kappa shape index (κ2) is 19.2. The van der Waals surface area contributed by atoms with Crippen molar-refractivity contribution in [2.75, 3.05) is 52.4 Å². The number of aliphatic imine (C=N–C) groups is 2. The summed E-state index contributed by atoms with van der Waals surface area (Å²) in [5, 5.41) is 9.77. The Bertz CT molecular complexity index is 2370. The third-order valence-corrected chi connectivity index (χ3v) is 11.5. The summed E-state index contributed by atoms with van der Waals surface area (Å²) in [6.45, 7) is 13.6. The van der Waals surface area contributed by atoms with E-state index < -0.39 is 23.8 Å². The monoisotopic (exact) mass is 837 g/mol. The quantitative estimate of drug-likeness (QED) is 0.0413. The van der Waals surface area contributed by atoms with E-state index in [1.807, 2.05) is 42.5 Å². The fourth-order valence-electron chi connectivity index (χ4n) is 8.42. The standard InChI is InChI=1S/C47H51N9O6/c1-3-5-16-38(50-61-46(59)54-28-12-26-52-24-10-22-48-44(52)54)42(57)34-18-20-40-36(30-34)37-31-35(19-21-41(37)56(40)32-33-14-8-7-9-15-33)43(58)39(17-6-4-2)51-62-47(60)55-29-13-27-53-25-11-23-49-45(53)55/h3-4,7-9,14-15,18-21,30-31H,1-2,5-6,10-13,16-17,22-29,32H2/b50-38+,51-39+. The van der Waals surface area contributed by atoms with Gasteiger partial charge in [0.1, 0.15) is 11.4 Å². The number of hydrogen-bond acceptors (Lipinski definition) is 12. The molecule has 0 N–H and O–H groups in total. The molecule has 0 aliphatic carbocycles. The number of amides is 2. The summed E-state index contributed by atoms with van der Waals surface area (Å²) >= 11 is 0. The van der Waals surface area contributed by atoms with Crippen molar-refractivity contribution in [2.24, 2.45) is 20.3 Å². The number of rotatable bonds is 14. The number of Topliss-reactive ketones (excluding diaryl/α,β-unsaturated/α-hetero) is 2. The van der Waals surface area contributed by atoms with Crippen LogP contribution in [0.4, 0.5) is 9.59 Å². The lowest BCUT2D eigenvalue weighted by atomic mass is 9.99. The molecule has 15 nitrogen and oxygen atoms in total. The van der Waals surface area contributed by atoms with E-state index >= 15 is 0 Å². The highest BCUT2D eigenvalue weighted by atomic mass is 16.7. The van der Waals surface area contributed by atoms with Gasteiger partial charge in [0.05, 0.1) is 0 Å². The molecule has 8 rings (SSSR count). The molecule has 320 valence electrons. The third-order valence-electron chi connectivity index (χ3n) is 11.5. The molecule has 2 saturated heterocycles. The number of benzene rings is 3. The SMILES string of the molecule is C=CCC/C(=N\OC(=O)N1CCCN2CCCN=C21)C(=O)c1ccc2c(c1)c1cc(C(=O)/C(CCC=C)=N/OC(=O)N3CCCN4CCCN=C43)ccc1n2Cc1ccccc1. The molecule has 0 radical (unpaired) electrons. The molecule has 0 saturated carbocycles. The van der Waals surface area contributed by atoms with E-state index in [4.69, 9.17) is 9.68 Å². The molecule has 2 fully saturated rings. The molecule has 62 heavy (non-hydrogen) atoms. The Morgan fingerprint density at radius 2 is 1.08 bits per heavy atom. The summed E-state index contributed by atoms with van der Waals surface area (Å²) in [4.78, 5) is 82.4. The van der Waals surface area contributed by atoms with Gasteiger partial charge in [0.15, 0.2) is 0 Å². The summed E-state index contributed by atoms with van der Waals surface area (Å²) in [6.07, 6.45) is 6.69. The lowest BCUT2D eigenvalue weighted by Crippen LogP contribution is -2.54. The van der Waals surface area contributed by atoms with Gasteiger partial charge >= 0.3 is 12.2 Å².